The molecule has 0 fully saturated rings. The first kappa shape index (κ1) is 13.4. The van der Waals surface area contributed by atoms with Crippen LogP contribution in [0.1, 0.15) is 11.1 Å². The van der Waals surface area contributed by atoms with Crippen molar-refractivity contribution >= 4 is 17.3 Å². The molecular weight excluding hydrogens is 266 g/mol. The van der Waals surface area contributed by atoms with E-state index in [1.54, 1.807) is 6.92 Å². The second-order valence-corrected chi connectivity index (χ2v) is 4.43. The Balaban J connectivity index is 2.18. The van der Waals surface area contributed by atoms with E-state index >= 15 is 0 Å². The van der Waals surface area contributed by atoms with Crippen LogP contribution >= 0.6 is 11.6 Å². The number of hydrogen-bond donors (Lipinski definition) is 0. The average Bonchev–Trinajstić information content (AvgIpc) is 2.41. The molecular formula is C14H12ClNO3. The molecule has 0 unspecified atom stereocenters. The summed E-state index contributed by atoms with van der Waals surface area (Å²) in [6.45, 7) is 1.98. The molecule has 0 bridgehead atoms. The minimum absolute atomic E-state index is 0.00272. The molecule has 5 heteroatoms. The lowest BCUT2D eigenvalue weighted by atomic mass is 10.2. The highest BCUT2D eigenvalue weighted by Crippen LogP contribution is 2.34. The molecule has 0 aliphatic heterocycles. The first-order valence-electron chi connectivity index (χ1n) is 5.70. The van der Waals surface area contributed by atoms with Gasteiger partial charge in [-0.05, 0) is 18.6 Å². The van der Waals surface area contributed by atoms with Crippen molar-refractivity contribution in [3.63, 3.8) is 0 Å². The summed E-state index contributed by atoms with van der Waals surface area (Å²) >= 11 is 6.08. The molecule has 0 atom stereocenters. The van der Waals surface area contributed by atoms with Crippen molar-refractivity contribution in [2.24, 2.45) is 0 Å². The van der Waals surface area contributed by atoms with E-state index < -0.39 is 4.92 Å². The normalized spacial score (nSPS) is 10.2. The van der Waals surface area contributed by atoms with Gasteiger partial charge in [0.1, 0.15) is 12.4 Å². The quantitative estimate of drug-likeness (QED) is 0.623. The van der Waals surface area contributed by atoms with E-state index in [1.807, 2.05) is 30.3 Å². The molecule has 0 aromatic heterocycles. The zero-order valence-corrected chi connectivity index (χ0v) is 11.1. The predicted octanol–water partition coefficient (Wildman–Crippen LogP) is 4.14. The van der Waals surface area contributed by atoms with E-state index in [2.05, 4.69) is 0 Å². The molecule has 0 amide bonds. The summed E-state index contributed by atoms with van der Waals surface area (Å²) in [7, 11) is 0. The maximum Gasteiger partial charge on any atom is 0.274 e. The Morgan fingerprint density at radius 3 is 2.53 bits per heavy atom. The third-order valence-electron chi connectivity index (χ3n) is 2.76. The Hall–Kier alpha value is -2.07. The second kappa shape index (κ2) is 5.71. The van der Waals surface area contributed by atoms with Crippen molar-refractivity contribution < 1.29 is 9.66 Å². The largest absolute Gasteiger partial charge is 0.487 e. The van der Waals surface area contributed by atoms with E-state index in [0.29, 0.717) is 17.9 Å². The summed E-state index contributed by atoms with van der Waals surface area (Å²) < 4.78 is 5.58. The SMILES string of the molecule is Cc1c([N+](=O)[O-])ccc(OCc2ccccc2)c1Cl. The van der Waals surface area contributed by atoms with Gasteiger partial charge >= 0.3 is 0 Å². The summed E-state index contributed by atoms with van der Waals surface area (Å²) in [4.78, 5) is 10.3. The topological polar surface area (TPSA) is 52.4 Å². The predicted molar refractivity (Wildman–Crippen MR) is 73.6 cm³/mol. The summed E-state index contributed by atoms with van der Waals surface area (Å²) in [5.41, 5.74) is 1.42. The molecule has 0 heterocycles. The molecule has 0 aliphatic carbocycles. The molecule has 0 spiro atoms. The number of benzene rings is 2. The van der Waals surface area contributed by atoms with Gasteiger partial charge in [0.15, 0.2) is 0 Å². The molecule has 0 saturated heterocycles. The minimum atomic E-state index is -0.456. The second-order valence-electron chi connectivity index (χ2n) is 4.05. The smallest absolute Gasteiger partial charge is 0.274 e. The fraction of sp³-hybridized carbons (Fsp3) is 0.143. The summed E-state index contributed by atoms with van der Waals surface area (Å²) in [5.74, 6) is 0.452. The Bertz CT molecular complexity index is 599. The van der Waals surface area contributed by atoms with Crippen LogP contribution < -0.4 is 4.74 Å². The molecule has 0 saturated carbocycles. The number of halogens is 1. The maximum atomic E-state index is 10.8. The van der Waals surface area contributed by atoms with Crippen molar-refractivity contribution in [2.45, 2.75) is 13.5 Å². The molecule has 98 valence electrons. The molecule has 4 nitrogen and oxygen atoms in total. The number of nitrogens with zero attached hydrogens (tertiary/aromatic N) is 1. The van der Waals surface area contributed by atoms with E-state index in [9.17, 15) is 10.1 Å². The van der Waals surface area contributed by atoms with Gasteiger partial charge in [-0.15, -0.1) is 0 Å². The van der Waals surface area contributed by atoms with Crippen LogP contribution in [-0.2, 0) is 6.61 Å². The number of nitro benzene ring substituents is 1. The van der Waals surface area contributed by atoms with Crippen molar-refractivity contribution in [3.05, 3.63) is 68.7 Å². The van der Waals surface area contributed by atoms with Gasteiger partial charge in [0.05, 0.1) is 9.95 Å². The van der Waals surface area contributed by atoms with Gasteiger partial charge in [0.25, 0.3) is 5.69 Å². The zero-order chi connectivity index (χ0) is 13.8. The van der Waals surface area contributed by atoms with E-state index in [0.717, 1.165) is 5.56 Å². The monoisotopic (exact) mass is 277 g/mol. The fourth-order valence-electron chi connectivity index (χ4n) is 1.69. The van der Waals surface area contributed by atoms with Crippen LogP contribution in [0.3, 0.4) is 0 Å². The van der Waals surface area contributed by atoms with Crippen LogP contribution in [0.5, 0.6) is 5.75 Å². The summed E-state index contributed by atoms with van der Waals surface area (Å²) in [6, 6.07) is 12.6. The third-order valence-corrected chi connectivity index (χ3v) is 3.23. The molecule has 2 aromatic rings. The standard InChI is InChI=1S/C14H12ClNO3/c1-10-12(16(17)18)7-8-13(14(10)15)19-9-11-5-3-2-4-6-11/h2-8H,9H2,1H3. The highest BCUT2D eigenvalue weighted by Gasteiger charge is 2.16. The first-order valence-corrected chi connectivity index (χ1v) is 6.07. The van der Waals surface area contributed by atoms with Gasteiger partial charge in [-0.2, -0.15) is 0 Å². The van der Waals surface area contributed by atoms with Crippen LogP contribution in [0.4, 0.5) is 5.69 Å². The third kappa shape index (κ3) is 3.03. The highest BCUT2D eigenvalue weighted by atomic mass is 35.5. The van der Waals surface area contributed by atoms with E-state index in [-0.39, 0.29) is 10.7 Å². The highest BCUT2D eigenvalue weighted by molar-refractivity contribution is 6.33. The Morgan fingerprint density at radius 1 is 1.21 bits per heavy atom. The summed E-state index contributed by atoms with van der Waals surface area (Å²) in [6.07, 6.45) is 0. The van der Waals surface area contributed by atoms with Crippen LogP contribution in [0.25, 0.3) is 0 Å². The number of rotatable bonds is 4. The van der Waals surface area contributed by atoms with Crippen molar-refractivity contribution in [3.8, 4) is 5.75 Å². The van der Waals surface area contributed by atoms with Gasteiger partial charge in [-0.25, -0.2) is 0 Å². The zero-order valence-electron chi connectivity index (χ0n) is 10.3. The van der Waals surface area contributed by atoms with Crippen molar-refractivity contribution in [2.75, 3.05) is 0 Å². The van der Waals surface area contributed by atoms with Gasteiger partial charge in [-0.3, -0.25) is 10.1 Å². The molecule has 2 aromatic carbocycles. The minimum Gasteiger partial charge on any atom is -0.487 e. The number of ether oxygens (including phenoxy) is 1. The van der Waals surface area contributed by atoms with Gasteiger partial charge < -0.3 is 4.74 Å². The van der Waals surface area contributed by atoms with E-state index in [1.165, 1.54) is 12.1 Å². The maximum absolute atomic E-state index is 10.8. The van der Waals surface area contributed by atoms with Gasteiger partial charge in [0, 0.05) is 11.6 Å². The van der Waals surface area contributed by atoms with Crippen molar-refractivity contribution in [1.29, 1.82) is 0 Å². The Labute approximate surface area is 115 Å². The van der Waals surface area contributed by atoms with Crippen molar-refractivity contribution in [1.82, 2.24) is 0 Å². The lowest BCUT2D eigenvalue weighted by molar-refractivity contribution is -0.385. The summed E-state index contributed by atoms with van der Waals surface area (Å²) in [5, 5.41) is 11.1. The molecule has 0 N–H and O–H groups in total. The van der Waals surface area contributed by atoms with Gasteiger partial charge in [-0.1, -0.05) is 41.9 Å². The molecule has 2 rings (SSSR count). The fourth-order valence-corrected chi connectivity index (χ4v) is 1.91. The lowest BCUT2D eigenvalue weighted by Gasteiger charge is -2.09. The number of nitro groups is 1. The van der Waals surface area contributed by atoms with Crippen LogP contribution in [-0.4, -0.2) is 4.92 Å². The molecule has 0 aliphatic rings. The van der Waals surface area contributed by atoms with Gasteiger partial charge in [0.2, 0.25) is 0 Å². The average molecular weight is 278 g/mol. The Kier molecular flexibility index (Phi) is 4.02. The van der Waals surface area contributed by atoms with Crippen LogP contribution in [0.15, 0.2) is 42.5 Å². The lowest BCUT2D eigenvalue weighted by Crippen LogP contribution is -1.98. The number of hydrogen-bond acceptors (Lipinski definition) is 3. The van der Waals surface area contributed by atoms with E-state index in [4.69, 9.17) is 16.3 Å². The Morgan fingerprint density at radius 2 is 1.89 bits per heavy atom. The van der Waals surface area contributed by atoms with Crippen LogP contribution in [0.2, 0.25) is 5.02 Å². The molecule has 19 heavy (non-hydrogen) atoms. The molecule has 0 radical (unpaired) electrons. The van der Waals surface area contributed by atoms with Crippen LogP contribution in [0, 0.1) is 17.0 Å². The first-order chi connectivity index (χ1) is 9.09.